The largest absolute Gasteiger partial charge is 0.368 e. The number of nitrogens with two attached hydrogens (primary N) is 1. The molecular weight excluding hydrogens is 190 g/mol. The Bertz CT molecular complexity index is 269. The zero-order valence-corrected chi connectivity index (χ0v) is 9.04. The number of hydrogen-bond donors (Lipinski definition) is 2. The average molecular weight is 209 g/mol. The van der Waals surface area contributed by atoms with Gasteiger partial charge in [0.15, 0.2) is 0 Å². The van der Waals surface area contributed by atoms with Gasteiger partial charge in [-0.2, -0.15) is 0 Å². The third-order valence-electron chi connectivity index (χ3n) is 3.55. The fourth-order valence-corrected chi connectivity index (χ4v) is 2.59. The number of piperidine rings is 1. The van der Waals surface area contributed by atoms with Gasteiger partial charge in [0.1, 0.15) is 5.54 Å². The van der Waals surface area contributed by atoms with E-state index >= 15 is 0 Å². The maximum absolute atomic E-state index is 11.7. The minimum atomic E-state index is -0.393. The molecule has 0 spiro atoms. The smallest absolute Gasteiger partial charge is 0.238 e. The van der Waals surface area contributed by atoms with Crippen LogP contribution in [-0.2, 0) is 4.79 Å². The molecule has 0 aromatic rings. The molecule has 2 aliphatic heterocycles. The van der Waals surface area contributed by atoms with Crippen molar-refractivity contribution in [1.29, 1.82) is 0 Å². The summed E-state index contributed by atoms with van der Waals surface area (Å²) in [6, 6.07) is 0. The van der Waals surface area contributed by atoms with Gasteiger partial charge in [0.25, 0.3) is 0 Å². The Morgan fingerprint density at radius 1 is 1.33 bits per heavy atom. The Morgan fingerprint density at radius 2 is 2.07 bits per heavy atom. The van der Waals surface area contributed by atoms with Gasteiger partial charge in [-0.25, -0.2) is 0 Å². The Hall–Kier alpha value is -0.870. The quantitative estimate of drug-likeness (QED) is 0.622. The highest BCUT2D eigenvalue weighted by molar-refractivity contribution is 5.85. The number of amides is 1. The molecule has 0 saturated carbocycles. The molecule has 1 amide bonds. The molecule has 3 N–H and O–H groups in total. The first-order chi connectivity index (χ1) is 7.26. The molecule has 2 aliphatic rings. The van der Waals surface area contributed by atoms with Crippen LogP contribution >= 0.6 is 0 Å². The lowest BCUT2D eigenvalue weighted by Crippen LogP contribution is -2.62. The van der Waals surface area contributed by atoms with Gasteiger partial charge < -0.3 is 11.1 Å². The number of carbonyl (C=O) groups is 1. The summed E-state index contributed by atoms with van der Waals surface area (Å²) in [5.74, 6) is -0.153. The Balaban J connectivity index is 2.17. The van der Waals surface area contributed by atoms with Crippen molar-refractivity contribution in [2.24, 2.45) is 5.73 Å². The SMILES string of the molecule is NC(=O)C1(N2CC=CCC2)CCNCC1. The van der Waals surface area contributed by atoms with E-state index < -0.39 is 5.54 Å². The van der Waals surface area contributed by atoms with Crippen LogP contribution in [0, 0.1) is 0 Å². The van der Waals surface area contributed by atoms with Crippen LogP contribution < -0.4 is 11.1 Å². The molecule has 0 unspecified atom stereocenters. The monoisotopic (exact) mass is 209 g/mol. The van der Waals surface area contributed by atoms with Crippen LogP contribution in [0.4, 0.5) is 0 Å². The predicted octanol–water partition coefficient (Wildman–Crippen LogP) is -0.144. The summed E-state index contributed by atoms with van der Waals surface area (Å²) in [7, 11) is 0. The van der Waals surface area contributed by atoms with Gasteiger partial charge in [0.05, 0.1) is 0 Å². The zero-order chi connectivity index (χ0) is 10.7. The molecule has 0 aromatic heterocycles. The van der Waals surface area contributed by atoms with Gasteiger partial charge in [-0.05, 0) is 32.4 Å². The van der Waals surface area contributed by atoms with Crippen LogP contribution in [0.25, 0.3) is 0 Å². The molecule has 15 heavy (non-hydrogen) atoms. The van der Waals surface area contributed by atoms with Crippen LogP contribution in [-0.4, -0.2) is 42.5 Å². The molecule has 0 atom stereocenters. The van der Waals surface area contributed by atoms with Gasteiger partial charge in [-0.1, -0.05) is 12.2 Å². The number of rotatable bonds is 2. The first-order valence-electron chi connectivity index (χ1n) is 5.66. The molecule has 0 aliphatic carbocycles. The van der Waals surface area contributed by atoms with Crippen molar-refractivity contribution in [3.05, 3.63) is 12.2 Å². The summed E-state index contributed by atoms with van der Waals surface area (Å²) in [5.41, 5.74) is 5.21. The highest BCUT2D eigenvalue weighted by Crippen LogP contribution is 2.27. The summed E-state index contributed by atoms with van der Waals surface area (Å²) in [6.45, 7) is 3.61. The second-order valence-corrected chi connectivity index (χ2v) is 4.35. The number of primary amides is 1. The molecule has 0 bridgehead atoms. The summed E-state index contributed by atoms with van der Waals surface area (Å²) < 4.78 is 0. The van der Waals surface area contributed by atoms with E-state index in [1.54, 1.807) is 0 Å². The highest BCUT2D eigenvalue weighted by Gasteiger charge is 2.42. The van der Waals surface area contributed by atoms with Crippen molar-refractivity contribution < 1.29 is 4.79 Å². The Labute approximate surface area is 90.5 Å². The molecule has 1 saturated heterocycles. The molecule has 0 aromatic carbocycles. The van der Waals surface area contributed by atoms with Crippen molar-refractivity contribution >= 4 is 5.91 Å². The summed E-state index contributed by atoms with van der Waals surface area (Å²) in [5, 5.41) is 3.28. The molecular formula is C11H19N3O. The molecule has 2 heterocycles. The molecule has 4 heteroatoms. The van der Waals surface area contributed by atoms with Crippen molar-refractivity contribution in [3.8, 4) is 0 Å². The van der Waals surface area contributed by atoms with Gasteiger partial charge in [-0.3, -0.25) is 9.69 Å². The topological polar surface area (TPSA) is 58.4 Å². The lowest BCUT2D eigenvalue weighted by molar-refractivity contribution is -0.132. The number of nitrogens with zero attached hydrogens (tertiary/aromatic N) is 1. The summed E-state index contributed by atoms with van der Waals surface area (Å²) >= 11 is 0. The number of nitrogens with one attached hydrogen (secondary N) is 1. The van der Waals surface area contributed by atoms with E-state index in [0.29, 0.717) is 0 Å². The standard InChI is InChI=1S/C11H19N3O/c12-10(15)11(4-6-13-7-5-11)14-8-2-1-3-9-14/h1-2,13H,3-9H2,(H2,12,15). The predicted molar refractivity (Wildman–Crippen MR) is 59.4 cm³/mol. The first kappa shape index (κ1) is 10.6. The van der Waals surface area contributed by atoms with E-state index in [4.69, 9.17) is 5.73 Å². The first-order valence-corrected chi connectivity index (χ1v) is 5.66. The summed E-state index contributed by atoms with van der Waals surface area (Å²) in [6.07, 6.45) is 7.03. The lowest BCUT2D eigenvalue weighted by Gasteiger charge is -2.44. The molecule has 2 rings (SSSR count). The minimum absolute atomic E-state index is 0.153. The molecule has 84 valence electrons. The number of hydrogen-bond acceptors (Lipinski definition) is 3. The zero-order valence-electron chi connectivity index (χ0n) is 9.04. The van der Waals surface area contributed by atoms with E-state index in [1.165, 1.54) is 0 Å². The van der Waals surface area contributed by atoms with Crippen LogP contribution in [0.15, 0.2) is 12.2 Å². The average Bonchev–Trinajstić information content (AvgIpc) is 2.31. The van der Waals surface area contributed by atoms with Crippen molar-refractivity contribution in [2.75, 3.05) is 26.2 Å². The van der Waals surface area contributed by atoms with Crippen molar-refractivity contribution in [2.45, 2.75) is 24.8 Å². The van der Waals surface area contributed by atoms with Crippen molar-refractivity contribution in [3.63, 3.8) is 0 Å². The third kappa shape index (κ3) is 1.92. The maximum Gasteiger partial charge on any atom is 0.238 e. The van der Waals surface area contributed by atoms with E-state index in [0.717, 1.165) is 45.4 Å². The molecule has 0 radical (unpaired) electrons. The second kappa shape index (κ2) is 4.33. The highest BCUT2D eigenvalue weighted by atomic mass is 16.1. The second-order valence-electron chi connectivity index (χ2n) is 4.35. The van der Waals surface area contributed by atoms with E-state index in [2.05, 4.69) is 22.4 Å². The summed E-state index contributed by atoms with van der Waals surface area (Å²) in [4.78, 5) is 14.0. The van der Waals surface area contributed by atoms with E-state index in [-0.39, 0.29) is 5.91 Å². The molecule has 1 fully saturated rings. The fraction of sp³-hybridized carbons (Fsp3) is 0.727. The van der Waals surface area contributed by atoms with Crippen LogP contribution in [0.3, 0.4) is 0 Å². The van der Waals surface area contributed by atoms with Crippen molar-refractivity contribution in [1.82, 2.24) is 10.2 Å². The van der Waals surface area contributed by atoms with Crippen LogP contribution in [0.2, 0.25) is 0 Å². The minimum Gasteiger partial charge on any atom is -0.368 e. The van der Waals surface area contributed by atoms with Gasteiger partial charge >= 0.3 is 0 Å². The maximum atomic E-state index is 11.7. The number of carbonyl (C=O) groups excluding carboxylic acids is 1. The van der Waals surface area contributed by atoms with Crippen LogP contribution in [0.5, 0.6) is 0 Å². The van der Waals surface area contributed by atoms with Gasteiger partial charge in [0.2, 0.25) is 5.91 Å². The Morgan fingerprint density at radius 3 is 2.60 bits per heavy atom. The third-order valence-corrected chi connectivity index (χ3v) is 3.55. The Kier molecular flexibility index (Phi) is 3.07. The normalized spacial score (nSPS) is 26.4. The van der Waals surface area contributed by atoms with Gasteiger partial charge in [-0.15, -0.1) is 0 Å². The van der Waals surface area contributed by atoms with Gasteiger partial charge in [0, 0.05) is 13.1 Å². The fourth-order valence-electron chi connectivity index (χ4n) is 2.59. The van der Waals surface area contributed by atoms with Crippen LogP contribution in [0.1, 0.15) is 19.3 Å². The van der Waals surface area contributed by atoms with E-state index in [9.17, 15) is 4.79 Å². The molecule has 4 nitrogen and oxygen atoms in total. The lowest BCUT2D eigenvalue weighted by atomic mass is 9.85. The van der Waals surface area contributed by atoms with E-state index in [1.807, 2.05) is 0 Å².